The van der Waals surface area contributed by atoms with Crippen molar-refractivity contribution in [3.63, 3.8) is 0 Å². The fourth-order valence-electron chi connectivity index (χ4n) is 3.64. The minimum absolute atomic E-state index is 0.117. The van der Waals surface area contributed by atoms with Gasteiger partial charge in [-0.15, -0.1) is 0 Å². The highest BCUT2D eigenvalue weighted by Crippen LogP contribution is 2.29. The fraction of sp³-hybridized carbons (Fsp3) is 0.160. The molecule has 2 heterocycles. The van der Waals surface area contributed by atoms with Crippen LogP contribution in [0.4, 0.5) is 0 Å². The Hall–Kier alpha value is -3.93. The first-order valence-corrected chi connectivity index (χ1v) is 10.1. The molecule has 2 aromatic heterocycles. The van der Waals surface area contributed by atoms with Gasteiger partial charge in [0.15, 0.2) is 11.9 Å². The van der Waals surface area contributed by atoms with E-state index in [1.54, 1.807) is 30.5 Å². The number of nitrogens with one attached hydrogen (secondary N) is 2. The number of H-pyrrole nitrogens is 2. The molecule has 0 aliphatic heterocycles. The van der Waals surface area contributed by atoms with Crippen LogP contribution in [0.2, 0.25) is 0 Å². The summed E-state index contributed by atoms with van der Waals surface area (Å²) < 4.78 is 5.66. The molecule has 4 aromatic rings. The highest BCUT2D eigenvalue weighted by atomic mass is 16.5. The molecular formula is C25H22N2O4. The van der Waals surface area contributed by atoms with E-state index in [4.69, 9.17) is 4.74 Å². The molecule has 0 aliphatic carbocycles. The van der Waals surface area contributed by atoms with Gasteiger partial charge in [0.05, 0.1) is 0 Å². The third-order valence-electron chi connectivity index (χ3n) is 5.32. The molecule has 6 nitrogen and oxygen atoms in total. The number of rotatable bonds is 7. The van der Waals surface area contributed by atoms with E-state index in [0.717, 1.165) is 22.9 Å². The Kier molecular flexibility index (Phi) is 5.54. The number of aryl methyl sites for hydroxylation is 1. The Morgan fingerprint density at radius 2 is 1.74 bits per heavy atom. The molecule has 0 saturated carbocycles. The normalized spacial score (nSPS) is 11.9. The van der Waals surface area contributed by atoms with Crippen molar-refractivity contribution < 1.29 is 19.1 Å². The average molecular weight is 414 g/mol. The molecule has 6 heteroatoms. The predicted octanol–water partition coefficient (Wildman–Crippen LogP) is 5.04. The molecule has 0 amide bonds. The number of fused-ring (bicyclic) bond motifs is 1. The van der Waals surface area contributed by atoms with Crippen molar-refractivity contribution in [1.82, 2.24) is 9.97 Å². The molecule has 0 unspecified atom stereocenters. The molecule has 2 aromatic carbocycles. The lowest BCUT2D eigenvalue weighted by Crippen LogP contribution is -2.20. The summed E-state index contributed by atoms with van der Waals surface area (Å²) in [7, 11) is 0. The Morgan fingerprint density at radius 1 is 0.968 bits per heavy atom. The third kappa shape index (κ3) is 3.92. The van der Waals surface area contributed by atoms with Crippen molar-refractivity contribution in [3.8, 4) is 0 Å². The predicted molar refractivity (Wildman–Crippen MR) is 117 cm³/mol. The van der Waals surface area contributed by atoms with Gasteiger partial charge in [-0.25, -0.2) is 4.79 Å². The van der Waals surface area contributed by atoms with Gasteiger partial charge in [0.25, 0.3) is 0 Å². The summed E-state index contributed by atoms with van der Waals surface area (Å²) in [5.41, 5.74) is 3.53. The number of ketones is 2. The minimum Gasteiger partial charge on any atom is -0.444 e. The molecule has 31 heavy (non-hydrogen) atoms. The second kappa shape index (κ2) is 8.44. The second-order valence-corrected chi connectivity index (χ2v) is 7.31. The number of aromatic nitrogens is 2. The van der Waals surface area contributed by atoms with Crippen LogP contribution in [-0.2, 0) is 11.2 Å². The van der Waals surface area contributed by atoms with Crippen molar-refractivity contribution >= 4 is 28.4 Å². The zero-order valence-electron chi connectivity index (χ0n) is 17.3. The molecule has 0 radical (unpaired) electrons. The van der Waals surface area contributed by atoms with Gasteiger partial charge >= 0.3 is 5.97 Å². The van der Waals surface area contributed by atoms with E-state index < -0.39 is 12.1 Å². The molecule has 1 atom stereocenters. The van der Waals surface area contributed by atoms with Crippen molar-refractivity contribution in [2.75, 3.05) is 0 Å². The van der Waals surface area contributed by atoms with Crippen LogP contribution in [0.5, 0.6) is 0 Å². The highest BCUT2D eigenvalue weighted by molar-refractivity contribution is 6.11. The number of carbonyl (C=O) groups excluding carboxylic acids is 3. The fourth-order valence-corrected chi connectivity index (χ4v) is 3.64. The number of hydrogen-bond acceptors (Lipinski definition) is 4. The van der Waals surface area contributed by atoms with Gasteiger partial charge in [0.1, 0.15) is 5.69 Å². The van der Waals surface area contributed by atoms with Crippen LogP contribution in [0.25, 0.3) is 10.9 Å². The Labute approximate surface area is 179 Å². The number of ether oxygens (including phenoxy) is 1. The molecule has 156 valence electrons. The molecule has 0 bridgehead atoms. The quantitative estimate of drug-likeness (QED) is 0.327. The lowest BCUT2D eigenvalue weighted by Gasteiger charge is -2.17. The first kappa shape index (κ1) is 20.3. The van der Waals surface area contributed by atoms with E-state index in [1.165, 1.54) is 19.2 Å². The van der Waals surface area contributed by atoms with Crippen molar-refractivity contribution in [2.45, 2.75) is 26.4 Å². The van der Waals surface area contributed by atoms with Crippen LogP contribution in [0.1, 0.15) is 62.3 Å². The lowest BCUT2D eigenvalue weighted by molar-refractivity contribution is 0.0275. The van der Waals surface area contributed by atoms with Crippen LogP contribution in [0.3, 0.4) is 0 Å². The maximum atomic E-state index is 13.5. The van der Waals surface area contributed by atoms with Gasteiger partial charge in [0, 0.05) is 40.0 Å². The average Bonchev–Trinajstić information content (AvgIpc) is 3.45. The number of para-hydroxylation sites is 1. The van der Waals surface area contributed by atoms with Crippen LogP contribution in [-0.4, -0.2) is 27.5 Å². The molecule has 0 fully saturated rings. The number of benzene rings is 2. The zero-order chi connectivity index (χ0) is 22.0. The maximum absolute atomic E-state index is 13.5. The summed E-state index contributed by atoms with van der Waals surface area (Å²) in [5.74, 6) is -1.20. The van der Waals surface area contributed by atoms with E-state index in [9.17, 15) is 14.4 Å². The topological polar surface area (TPSA) is 92.0 Å². The number of carbonyl (C=O) groups is 3. The van der Waals surface area contributed by atoms with E-state index >= 15 is 0 Å². The summed E-state index contributed by atoms with van der Waals surface area (Å²) in [6.45, 7) is 3.47. The summed E-state index contributed by atoms with van der Waals surface area (Å²) in [4.78, 5) is 43.8. The summed E-state index contributed by atoms with van der Waals surface area (Å²) in [6, 6.07) is 16.1. The Morgan fingerprint density at radius 3 is 2.42 bits per heavy atom. The zero-order valence-corrected chi connectivity index (χ0v) is 17.3. The third-order valence-corrected chi connectivity index (χ3v) is 5.32. The van der Waals surface area contributed by atoms with Crippen molar-refractivity contribution in [3.05, 3.63) is 94.9 Å². The molecule has 0 spiro atoms. The second-order valence-electron chi connectivity index (χ2n) is 7.31. The van der Waals surface area contributed by atoms with Crippen molar-refractivity contribution in [2.24, 2.45) is 0 Å². The van der Waals surface area contributed by atoms with Crippen LogP contribution in [0.15, 0.2) is 67.0 Å². The van der Waals surface area contributed by atoms with Gasteiger partial charge in [-0.3, -0.25) is 9.59 Å². The van der Waals surface area contributed by atoms with Crippen molar-refractivity contribution in [1.29, 1.82) is 0 Å². The molecule has 0 saturated heterocycles. The standard InChI is InChI=1S/C25H22N2O4/c1-3-16-10-7-11-19-20(14-27-22(16)19)23(29)24(17-8-5-4-6-9-17)31-25(30)21-12-18(13-26-21)15(2)28/h4-14,24,26-27H,3H2,1-2H3/t24-/m1/s1. The monoisotopic (exact) mass is 414 g/mol. The van der Waals surface area contributed by atoms with Gasteiger partial charge < -0.3 is 14.7 Å². The van der Waals surface area contributed by atoms with Crippen LogP contribution < -0.4 is 0 Å². The van der Waals surface area contributed by atoms with Crippen LogP contribution in [0, 0.1) is 0 Å². The SMILES string of the molecule is CCc1cccc2c(C(=O)[C@H](OC(=O)c3cc(C(C)=O)c[nH]3)c3ccccc3)c[nH]c12. The van der Waals surface area contributed by atoms with Gasteiger partial charge in [-0.05, 0) is 25.0 Å². The lowest BCUT2D eigenvalue weighted by atomic mass is 9.98. The molecule has 2 N–H and O–H groups in total. The maximum Gasteiger partial charge on any atom is 0.355 e. The first-order valence-electron chi connectivity index (χ1n) is 10.1. The molecular weight excluding hydrogens is 392 g/mol. The van der Waals surface area contributed by atoms with E-state index in [1.807, 2.05) is 24.3 Å². The largest absolute Gasteiger partial charge is 0.444 e. The number of aromatic amines is 2. The van der Waals surface area contributed by atoms with E-state index in [2.05, 4.69) is 16.9 Å². The smallest absolute Gasteiger partial charge is 0.355 e. The highest BCUT2D eigenvalue weighted by Gasteiger charge is 2.29. The van der Waals surface area contributed by atoms with Gasteiger partial charge in [-0.2, -0.15) is 0 Å². The first-order chi connectivity index (χ1) is 15.0. The number of hydrogen-bond donors (Lipinski definition) is 2. The Balaban J connectivity index is 1.71. The Bertz CT molecular complexity index is 1270. The van der Waals surface area contributed by atoms with Gasteiger partial charge in [-0.1, -0.05) is 55.5 Å². The van der Waals surface area contributed by atoms with E-state index in [0.29, 0.717) is 16.7 Å². The summed E-state index contributed by atoms with van der Waals surface area (Å²) >= 11 is 0. The molecule has 0 aliphatic rings. The number of esters is 1. The van der Waals surface area contributed by atoms with Crippen LogP contribution >= 0.6 is 0 Å². The molecule has 4 rings (SSSR count). The minimum atomic E-state index is -1.12. The van der Waals surface area contributed by atoms with Gasteiger partial charge in [0.2, 0.25) is 5.78 Å². The van der Waals surface area contributed by atoms with E-state index in [-0.39, 0.29) is 17.3 Å². The number of Topliss-reactive ketones (excluding diaryl/α,β-unsaturated/α-hetero) is 2. The summed E-state index contributed by atoms with van der Waals surface area (Å²) in [5, 5.41) is 0.792. The summed E-state index contributed by atoms with van der Waals surface area (Å²) in [6.07, 6.45) is 2.82.